The molecule has 20 heavy (non-hydrogen) atoms. The maximum Gasteiger partial charge on any atom is 0.240 e. The van der Waals surface area contributed by atoms with E-state index < -0.39 is 6.04 Å². The van der Waals surface area contributed by atoms with Gasteiger partial charge in [-0.2, -0.15) is 0 Å². The monoisotopic (exact) mass is 276 g/mol. The second kappa shape index (κ2) is 8.05. The van der Waals surface area contributed by atoms with Crippen molar-refractivity contribution < 1.29 is 4.79 Å². The summed E-state index contributed by atoms with van der Waals surface area (Å²) in [5, 5.41) is 0. The molecule has 0 aliphatic carbocycles. The first-order valence-corrected chi connectivity index (χ1v) is 7.61. The van der Waals surface area contributed by atoms with Crippen LogP contribution < -0.4 is 5.73 Å². The highest BCUT2D eigenvalue weighted by Crippen LogP contribution is 2.15. The van der Waals surface area contributed by atoms with Crippen LogP contribution >= 0.6 is 0 Å². The minimum Gasteiger partial charge on any atom is -0.334 e. The number of nitrogens with two attached hydrogens (primary N) is 1. The fraction of sp³-hybridized carbons (Fsp3) is 0.588. The highest BCUT2D eigenvalue weighted by molar-refractivity contribution is 5.82. The van der Waals surface area contributed by atoms with E-state index in [1.54, 1.807) is 0 Å². The van der Waals surface area contributed by atoms with Crippen LogP contribution in [0.5, 0.6) is 0 Å². The van der Waals surface area contributed by atoms with Crippen LogP contribution in [0.3, 0.4) is 0 Å². The standard InChI is InChI=1S/C17H28N2O/c1-5-13(3)16(18)17(20)19(14(4)6-2)12-15-10-8-7-9-11-15/h7-11,13-14,16H,5-6,12,18H2,1-4H3/t13-,14?,16-/m0/s1. The topological polar surface area (TPSA) is 46.3 Å². The SMILES string of the molecule is CCC(C)N(Cc1ccccc1)C(=O)[C@@H](N)[C@@H](C)CC. The average molecular weight is 276 g/mol. The lowest BCUT2D eigenvalue weighted by Crippen LogP contribution is -2.49. The molecule has 0 aliphatic heterocycles. The molecule has 3 atom stereocenters. The Balaban J connectivity index is 2.87. The quantitative estimate of drug-likeness (QED) is 0.831. The van der Waals surface area contributed by atoms with Crippen molar-refractivity contribution in [3.05, 3.63) is 35.9 Å². The summed E-state index contributed by atoms with van der Waals surface area (Å²) >= 11 is 0. The largest absolute Gasteiger partial charge is 0.334 e. The molecule has 0 fully saturated rings. The summed E-state index contributed by atoms with van der Waals surface area (Å²) in [7, 11) is 0. The second-order valence-corrected chi connectivity index (χ2v) is 5.62. The van der Waals surface area contributed by atoms with Crippen LogP contribution in [-0.4, -0.2) is 22.9 Å². The summed E-state index contributed by atoms with van der Waals surface area (Å²) < 4.78 is 0. The van der Waals surface area contributed by atoms with Gasteiger partial charge >= 0.3 is 0 Å². The van der Waals surface area contributed by atoms with Crippen molar-refractivity contribution in [2.24, 2.45) is 11.7 Å². The maximum absolute atomic E-state index is 12.6. The molecule has 0 heterocycles. The summed E-state index contributed by atoms with van der Waals surface area (Å²) in [5.74, 6) is 0.280. The Bertz CT molecular complexity index is 405. The number of nitrogens with zero attached hydrogens (tertiary/aromatic N) is 1. The van der Waals surface area contributed by atoms with E-state index in [1.807, 2.05) is 30.0 Å². The molecule has 1 unspecified atom stereocenters. The molecular formula is C17H28N2O. The molecule has 2 N–H and O–H groups in total. The van der Waals surface area contributed by atoms with E-state index in [-0.39, 0.29) is 17.9 Å². The third-order valence-electron chi connectivity index (χ3n) is 4.14. The van der Waals surface area contributed by atoms with Crippen LogP contribution in [0, 0.1) is 5.92 Å². The maximum atomic E-state index is 12.6. The first-order valence-electron chi connectivity index (χ1n) is 7.61. The molecule has 112 valence electrons. The van der Waals surface area contributed by atoms with E-state index in [0.717, 1.165) is 18.4 Å². The Morgan fingerprint density at radius 2 is 1.75 bits per heavy atom. The van der Waals surface area contributed by atoms with Gasteiger partial charge in [-0.25, -0.2) is 0 Å². The molecule has 0 spiro atoms. The number of hydrogen-bond donors (Lipinski definition) is 1. The fourth-order valence-corrected chi connectivity index (χ4v) is 2.14. The highest BCUT2D eigenvalue weighted by atomic mass is 16.2. The van der Waals surface area contributed by atoms with Gasteiger partial charge in [0.25, 0.3) is 0 Å². The molecule has 1 amide bonds. The van der Waals surface area contributed by atoms with Gasteiger partial charge in [-0.05, 0) is 24.8 Å². The van der Waals surface area contributed by atoms with E-state index in [0.29, 0.717) is 6.54 Å². The van der Waals surface area contributed by atoms with Crippen molar-refractivity contribution in [2.45, 2.75) is 59.2 Å². The molecule has 1 aromatic rings. The molecule has 0 radical (unpaired) electrons. The molecule has 0 aromatic heterocycles. The Hall–Kier alpha value is -1.35. The van der Waals surface area contributed by atoms with E-state index in [4.69, 9.17) is 5.73 Å². The number of benzene rings is 1. The van der Waals surface area contributed by atoms with Crippen molar-refractivity contribution >= 4 is 5.91 Å². The zero-order valence-corrected chi connectivity index (χ0v) is 13.2. The lowest BCUT2D eigenvalue weighted by Gasteiger charge is -2.32. The summed E-state index contributed by atoms with van der Waals surface area (Å²) in [6.45, 7) is 8.94. The summed E-state index contributed by atoms with van der Waals surface area (Å²) in [6, 6.07) is 9.90. The van der Waals surface area contributed by atoms with Gasteiger partial charge in [0.05, 0.1) is 6.04 Å². The van der Waals surface area contributed by atoms with Crippen LogP contribution in [0.2, 0.25) is 0 Å². The zero-order chi connectivity index (χ0) is 15.1. The Kier molecular flexibility index (Phi) is 6.73. The zero-order valence-electron chi connectivity index (χ0n) is 13.2. The van der Waals surface area contributed by atoms with Gasteiger partial charge in [-0.3, -0.25) is 4.79 Å². The molecular weight excluding hydrogens is 248 g/mol. The Morgan fingerprint density at radius 1 is 1.15 bits per heavy atom. The smallest absolute Gasteiger partial charge is 0.240 e. The van der Waals surface area contributed by atoms with Crippen LogP contribution in [0.4, 0.5) is 0 Å². The molecule has 0 saturated carbocycles. The van der Waals surface area contributed by atoms with Gasteiger partial charge in [0, 0.05) is 12.6 Å². The molecule has 0 bridgehead atoms. The second-order valence-electron chi connectivity index (χ2n) is 5.62. The summed E-state index contributed by atoms with van der Waals surface area (Å²) in [5.41, 5.74) is 7.28. The lowest BCUT2D eigenvalue weighted by atomic mass is 9.97. The summed E-state index contributed by atoms with van der Waals surface area (Å²) in [4.78, 5) is 14.6. The van der Waals surface area contributed by atoms with E-state index in [2.05, 4.69) is 32.9 Å². The van der Waals surface area contributed by atoms with Gasteiger partial charge in [0.1, 0.15) is 0 Å². The van der Waals surface area contributed by atoms with Gasteiger partial charge in [-0.15, -0.1) is 0 Å². The number of carbonyl (C=O) groups excluding carboxylic acids is 1. The van der Waals surface area contributed by atoms with Crippen molar-refractivity contribution in [1.82, 2.24) is 4.90 Å². The Labute approximate surface area is 123 Å². The number of hydrogen-bond acceptors (Lipinski definition) is 2. The van der Waals surface area contributed by atoms with Gasteiger partial charge in [-0.1, -0.05) is 57.5 Å². The predicted molar refractivity (Wildman–Crippen MR) is 84.2 cm³/mol. The van der Waals surface area contributed by atoms with Crippen LogP contribution in [0.15, 0.2) is 30.3 Å². The molecule has 1 aromatic carbocycles. The minimum atomic E-state index is -0.405. The van der Waals surface area contributed by atoms with E-state index in [9.17, 15) is 4.79 Å². The molecule has 0 saturated heterocycles. The van der Waals surface area contributed by atoms with Crippen molar-refractivity contribution in [3.8, 4) is 0 Å². The lowest BCUT2D eigenvalue weighted by molar-refractivity contribution is -0.136. The normalized spacial score (nSPS) is 15.4. The van der Waals surface area contributed by atoms with Crippen molar-refractivity contribution in [2.75, 3.05) is 0 Å². The van der Waals surface area contributed by atoms with Crippen LogP contribution in [0.25, 0.3) is 0 Å². The first-order chi connectivity index (χ1) is 9.51. The van der Waals surface area contributed by atoms with E-state index in [1.165, 1.54) is 0 Å². The fourth-order valence-electron chi connectivity index (χ4n) is 2.14. The van der Waals surface area contributed by atoms with Crippen LogP contribution in [0.1, 0.15) is 46.1 Å². The number of amides is 1. The average Bonchev–Trinajstić information content (AvgIpc) is 2.50. The van der Waals surface area contributed by atoms with Crippen LogP contribution in [-0.2, 0) is 11.3 Å². The van der Waals surface area contributed by atoms with E-state index >= 15 is 0 Å². The van der Waals surface area contributed by atoms with Gasteiger partial charge < -0.3 is 10.6 Å². The van der Waals surface area contributed by atoms with Crippen molar-refractivity contribution in [3.63, 3.8) is 0 Å². The third kappa shape index (κ3) is 4.34. The third-order valence-corrected chi connectivity index (χ3v) is 4.14. The molecule has 1 rings (SSSR count). The molecule has 3 heteroatoms. The Morgan fingerprint density at radius 3 is 2.25 bits per heavy atom. The van der Waals surface area contributed by atoms with Crippen molar-refractivity contribution in [1.29, 1.82) is 0 Å². The van der Waals surface area contributed by atoms with Gasteiger partial charge in [0.2, 0.25) is 5.91 Å². The molecule has 3 nitrogen and oxygen atoms in total. The molecule has 0 aliphatic rings. The summed E-state index contributed by atoms with van der Waals surface area (Å²) in [6.07, 6.45) is 1.86. The predicted octanol–water partition coefficient (Wildman–Crippen LogP) is 3.19. The number of carbonyl (C=O) groups is 1. The first kappa shape index (κ1) is 16.7. The minimum absolute atomic E-state index is 0.0672. The highest BCUT2D eigenvalue weighted by Gasteiger charge is 2.27. The number of rotatable bonds is 7. The van der Waals surface area contributed by atoms with Gasteiger partial charge in [0.15, 0.2) is 0 Å².